The monoisotopic (exact) mass is 315 g/mol. The number of carbonyl (C=O) groups excluding carboxylic acids is 2. The lowest BCUT2D eigenvalue weighted by atomic mass is 9.96. The summed E-state index contributed by atoms with van der Waals surface area (Å²) < 4.78 is 0. The Kier molecular flexibility index (Phi) is 4.66. The number of piperidine rings is 1. The van der Waals surface area contributed by atoms with Gasteiger partial charge in [-0.15, -0.1) is 0 Å². The topological polar surface area (TPSA) is 66.6 Å². The minimum atomic E-state index is -0.315. The minimum absolute atomic E-state index is 0.0674. The Morgan fingerprint density at radius 1 is 1.22 bits per heavy atom. The average Bonchev–Trinajstić information content (AvgIpc) is 2.54. The van der Waals surface area contributed by atoms with Crippen LogP contribution >= 0.6 is 0 Å². The Morgan fingerprint density at radius 3 is 2.78 bits per heavy atom. The first-order chi connectivity index (χ1) is 11.1. The molecule has 23 heavy (non-hydrogen) atoms. The van der Waals surface area contributed by atoms with Crippen molar-refractivity contribution in [2.45, 2.75) is 51.1 Å². The number of hydrogen-bond acceptors (Lipinski definition) is 3. The summed E-state index contributed by atoms with van der Waals surface area (Å²) in [5.41, 5.74) is 7.75. The molecule has 2 aliphatic rings. The maximum Gasteiger partial charge on any atom is 0.241 e. The van der Waals surface area contributed by atoms with Crippen molar-refractivity contribution in [1.82, 2.24) is 4.90 Å². The number of aryl methyl sites for hydroxylation is 1. The molecule has 2 atom stereocenters. The maximum absolute atomic E-state index is 12.9. The lowest BCUT2D eigenvalue weighted by Crippen LogP contribution is -2.53. The number of rotatable bonds is 3. The van der Waals surface area contributed by atoms with Gasteiger partial charge in [-0.05, 0) is 50.8 Å². The van der Waals surface area contributed by atoms with Crippen molar-refractivity contribution in [2.24, 2.45) is 5.73 Å². The zero-order valence-electron chi connectivity index (χ0n) is 13.7. The SMILES string of the molecule is C[C@H]1CCc2ccccc2N1C(=O)CN1CCCC[C@@H]1C(N)=O. The zero-order chi connectivity index (χ0) is 16.4. The molecule has 5 heteroatoms. The van der Waals surface area contributed by atoms with Crippen LogP contribution in [0.4, 0.5) is 5.69 Å². The Balaban J connectivity index is 1.78. The van der Waals surface area contributed by atoms with Crippen molar-refractivity contribution in [3.8, 4) is 0 Å². The molecular formula is C18H25N3O2. The van der Waals surface area contributed by atoms with Gasteiger partial charge >= 0.3 is 0 Å². The van der Waals surface area contributed by atoms with Crippen LogP contribution in [-0.4, -0.2) is 41.9 Å². The number of amides is 2. The molecule has 0 bridgehead atoms. The predicted octanol–water partition coefficient (Wildman–Crippen LogP) is 1.69. The number of likely N-dealkylation sites (tertiary alicyclic amines) is 1. The quantitative estimate of drug-likeness (QED) is 0.923. The van der Waals surface area contributed by atoms with Gasteiger partial charge < -0.3 is 10.6 Å². The second-order valence-electron chi connectivity index (χ2n) is 6.66. The van der Waals surface area contributed by atoms with E-state index in [4.69, 9.17) is 5.73 Å². The van der Waals surface area contributed by atoms with Gasteiger partial charge in [0, 0.05) is 11.7 Å². The van der Waals surface area contributed by atoms with E-state index < -0.39 is 0 Å². The van der Waals surface area contributed by atoms with Crippen molar-refractivity contribution in [3.63, 3.8) is 0 Å². The Bertz CT molecular complexity index is 602. The fourth-order valence-corrected chi connectivity index (χ4v) is 3.82. The average molecular weight is 315 g/mol. The lowest BCUT2D eigenvalue weighted by molar-refractivity contribution is -0.127. The third-order valence-corrected chi connectivity index (χ3v) is 5.07. The highest BCUT2D eigenvalue weighted by atomic mass is 16.2. The molecule has 124 valence electrons. The summed E-state index contributed by atoms with van der Waals surface area (Å²) in [4.78, 5) is 28.4. The first-order valence-electron chi connectivity index (χ1n) is 8.51. The number of primary amides is 1. The van der Waals surface area contributed by atoms with E-state index in [0.717, 1.165) is 44.3 Å². The largest absolute Gasteiger partial charge is 0.368 e. The fraction of sp³-hybridized carbons (Fsp3) is 0.556. The highest BCUT2D eigenvalue weighted by molar-refractivity contribution is 5.97. The molecule has 0 aliphatic carbocycles. The van der Waals surface area contributed by atoms with Crippen molar-refractivity contribution in [3.05, 3.63) is 29.8 Å². The summed E-state index contributed by atoms with van der Waals surface area (Å²) in [6.45, 7) is 3.13. The molecule has 0 unspecified atom stereocenters. The standard InChI is InChI=1S/C18H25N3O2/c1-13-9-10-14-6-2-3-7-15(14)21(13)17(22)12-20-11-5-4-8-16(20)18(19)23/h2-3,6-7,13,16H,4-5,8-12H2,1H3,(H2,19,23)/t13-,16+/m0/s1. The molecule has 1 fully saturated rings. The number of benzene rings is 1. The molecule has 0 radical (unpaired) electrons. The third kappa shape index (κ3) is 3.24. The molecular weight excluding hydrogens is 290 g/mol. The molecule has 0 aromatic heterocycles. The van der Waals surface area contributed by atoms with Gasteiger partial charge in [0.2, 0.25) is 11.8 Å². The molecule has 2 N–H and O–H groups in total. The van der Waals surface area contributed by atoms with Crippen LogP contribution in [-0.2, 0) is 16.0 Å². The normalized spacial score (nSPS) is 25.0. The van der Waals surface area contributed by atoms with Gasteiger partial charge in [0.25, 0.3) is 0 Å². The van der Waals surface area contributed by atoms with Gasteiger partial charge in [-0.3, -0.25) is 14.5 Å². The van der Waals surface area contributed by atoms with Gasteiger partial charge in [-0.2, -0.15) is 0 Å². The van der Waals surface area contributed by atoms with E-state index in [0.29, 0.717) is 0 Å². The molecule has 2 aliphatic heterocycles. The van der Waals surface area contributed by atoms with E-state index in [1.54, 1.807) is 0 Å². The first-order valence-corrected chi connectivity index (χ1v) is 8.51. The molecule has 3 rings (SSSR count). The van der Waals surface area contributed by atoms with Crippen molar-refractivity contribution >= 4 is 17.5 Å². The zero-order valence-corrected chi connectivity index (χ0v) is 13.7. The number of carbonyl (C=O) groups is 2. The summed E-state index contributed by atoms with van der Waals surface area (Å²) in [5, 5.41) is 0. The van der Waals surface area contributed by atoms with Gasteiger partial charge in [-0.1, -0.05) is 24.6 Å². The van der Waals surface area contributed by atoms with Crippen LogP contribution in [0.25, 0.3) is 0 Å². The molecule has 1 saturated heterocycles. The van der Waals surface area contributed by atoms with Gasteiger partial charge in [0.15, 0.2) is 0 Å². The number of para-hydroxylation sites is 1. The van der Waals surface area contributed by atoms with Crippen LogP contribution in [0.1, 0.15) is 38.2 Å². The predicted molar refractivity (Wildman–Crippen MR) is 90.1 cm³/mol. The Labute approximate surface area is 137 Å². The molecule has 0 saturated carbocycles. The van der Waals surface area contributed by atoms with Crippen LogP contribution in [0, 0.1) is 0 Å². The molecule has 2 heterocycles. The van der Waals surface area contributed by atoms with Crippen LogP contribution < -0.4 is 10.6 Å². The first kappa shape index (κ1) is 16.0. The minimum Gasteiger partial charge on any atom is -0.368 e. The molecule has 1 aromatic rings. The van der Waals surface area contributed by atoms with Crippen molar-refractivity contribution in [2.75, 3.05) is 18.0 Å². The summed E-state index contributed by atoms with van der Waals surface area (Å²) >= 11 is 0. The lowest BCUT2D eigenvalue weighted by Gasteiger charge is -2.39. The molecule has 2 amide bonds. The Hall–Kier alpha value is -1.88. The van der Waals surface area contributed by atoms with E-state index in [2.05, 4.69) is 13.0 Å². The van der Waals surface area contributed by atoms with Crippen LogP contribution in [0.15, 0.2) is 24.3 Å². The second-order valence-corrected chi connectivity index (χ2v) is 6.66. The van der Waals surface area contributed by atoms with Crippen molar-refractivity contribution < 1.29 is 9.59 Å². The highest BCUT2D eigenvalue weighted by Crippen LogP contribution is 2.31. The summed E-state index contributed by atoms with van der Waals surface area (Å²) in [6.07, 6.45) is 4.76. The summed E-state index contributed by atoms with van der Waals surface area (Å²) in [6, 6.07) is 7.99. The van der Waals surface area contributed by atoms with Crippen LogP contribution in [0.3, 0.4) is 0 Å². The second kappa shape index (κ2) is 6.71. The van der Waals surface area contributed by atoms with Crippen LogP contribution in [0.5, 0.6) is 0 Å². The smallest absolute Gasteiger partial charge is 0.241 e. The van der Waals surface area contributed by atoms with Gasteiger partial charge in [-0.25, -0.2) is 0 Å². The maximum atomic E-state index is 12.9. The molecule has 1 aromatic carbocycles. The number of anilines is 1. The third-order valence-electron chi connectivity index (χ3n) is 5.07. The van der Waals surface area contributed by atoms with Gasteiger partial charge in [0.05, 0.1) is 12.6 Å². The van der Waals surface area contributed by atoms with E-state index in [1.807, 2.05) is 28.0 Å². The Morgan fingerprint density at radius 2 is 2.00 bits per heavy atom. The fourth-order valence-electron chi connectivity index (χ4n) is 3.82. The van der Waals surface area contributed by atoms with E-state index in [9.17, 15) is 9.59 Å². The number of hydrogen-bond donors (Lipinski definition) is 1. The highest BCUT2D eigenvalue weighted by Gasteiger charge is 2.33. The summed E-state index contributed by atoms with van der Waals surface area (Å²) in [5.74, 6) is -0.248. The number of nitrogens with zero attached hydrogens (tertiary/aromatic N) is 2. The van der Waals surface area contributed by atoms with E-state index in [-0.39, 0.29) is 30.4 Å². The number of fused-ring (bicyclic) bond motifs is 1. The summed E-state index contributed by atoms with van der Waals surface area (Å²) in [7, 11) is 0. The number of nitrogens with two attached hydrogens (primary N) is 1. The van der Waals surface area contributed by atoms with E-state index >= 15 is 0 Å². The van der Waals surface area contributed by atoms with E-state index in [1.165, 1.54) is 5.56 Å². The van der Waals surface area contributed by atoms with Gasteiger partial charge in [0.1, 0.15) is 0 Å². The molecule has 0 spiro atoms. The molecule has 5 nitrogen and oxygen atoms in total. The van der Waals surface area contributed by atoms with Crippen molar-refractivity contribution in [1.29, 1.82) is 0 Å². The van der Waals surface area contributed by atoms with Crippen LogP contribution in [0.2, 0.25) is 0 Å².